The number of hydrogen-bond acceptors (Lipinski definition) is 5. The molecule has 0 spiro atoms. The van der Waals surface area contributed by atoms with E-state index in [0.29, 0.717) is 5.75 Å². The lowest BCUT2D eigenvalue weighted by molar-refractivity contribution is -0.130. The first-order valence-corrected chi connectivity index (χ1v) is 8.18. The number of imide groups is 1. The Morgan fingerprint density at radius 1 is 0.889 bits per heavy atom. The van der Waals surface area contributed by atoms with Crippen molar-refractivity contribution in [3.8, 4) is 5.75 Å². The quantitative estimate of drug-likeness (QED) is 0.601. The maximum atomic E-state index is 12.2. The first-order valence-electron chi connectivity index (χ1n) is 8.18. The van der Waals surface area contributed by atoms with E-state index in [1.54, 1.807) is 24.3 Å². The molecule has 8 heteroatoms. The van der Waals surface area contributed by atoms with Gasteiger partial charge in [0.2, 0.25) is 0 Å². The highest BCUT2D eigenvalue weighted by Crippen LogP contribution is 2.21. The SMILES string of the molecule is Cc1ccc(OCC(=O)NNC(=O)CN2C(=O)c3ccccc3C2=O)cc1. The fourth-order valence-corrected chi connectivity index (χ4v) is 2.52. The first-order chi connectivity index (χ1) is 13.0. The largest absolute Gasteiger partial charge is 0.484 e. The van der Waals surface area contributed by atoms with E-state index in [4.69, 9.17) is 4.74 Å². The van der Waals surface area contributed by atoms with Gasteiger partial charge in [-0.15, -0.1) is 0 Å². The van der Waals surface area contributed by atoms with Gasteiger partial charge in [-0.3, -0.25) is 34.9 Å². The van der Waals surface area contributed by atoms with Crippen LogP contribution in [0.15, 0.2) is 48.5 Å². The molecule has 1 aliphatic heterocycles. The number of hydrazine groups is 1. The number of nitrogens with zero attached hydrogens (tertiary/aromatic N) is 1. The summed E-state index contributed by atoms with van der Waals surface area (Å²) in [5.74, 6) is -1.84. The summed E-state index contributed by atoms with van der Waals surface area (Å²) in [4.78, 5) is 48.9. The Bertz CT molecular complexity index is 873. The summed E-state index contributed by atoms with van der Waals surface area (Å²) >= 11 is 0. The zero-order valence-corrected chi connectivity index (χ0v) is 14.5. The summed E-state index contributed by atoms with van der Waals surface area (Å²) in [6.07, 6.45) is 0. The van der Waals surface area contributed by atoms with Crippen molar-refractivity contribution in [2.75, 3.05) is 13.2 Å². The Labute approximate surface area is 155 Å². The predicted molar refractivity (Wildman–Crippen MR) is 94.8 cm³/mol. The highest BCUT2D eigenvalue weighted by Gasteiger charge is 2.36. The molecular formula is C19H17N3O5. The monoisotopic (exact) mass is 367 g/mol. The van der Waals surface area contributed by atoms with E-state index in [0.717, 1.165) is 10.5 Å². The minimum atomic E-state index is -0.701. The molecule has 0 atom stereocenters. The molecule has 8 nitrogen and oxygen atoms in total. The Hall–Kier alpha value is -3.68. The van der Waals surface area contributed by atoms with Gasteiger partial charge in [-0.2, -0.15) is 0 Å². The second-order valence-corrected chi connectivity index (χ2v) is 5.94. The van der Waals surface area contributed by atoms with Gasteiger partial charge in [0.05, 0.1) is 11.1 Å². The highest BCUT2D eigenvalue weighted by atomic mass is 16.5. The Balaban J connectivity index is 1.46. The van der Waals surface area contributed by atoms with Crippen LogP contribution in [0.1, 0.15) is 26.3 Å². The fraction of sp³-hybridized carbons (Fsp3) is 0.158. The number of aryl methyl sites for hydroxylation is 1. The average Bonchev–Trinajstić information content (AvgIpc) is 2.91. The first kappa shape index (κ1) is 18.1. The predicted octanol–water partition coefficient (Wildman–Crippen LogP) is 0.817. The van der Waals surface area contributed by atoms with Gasteiger partial charge in [0.1, 0.15) is 12.3 Å². The third kappa shape index (κ3) is 4.12. The van der Waals surface area contributed by atoms with Crippen LogP contribution in [-0.4, -0.2) is 41.7 Å². The van der Waals surface area contributed by atoms with Crippen molar-refractivity contribution < 1.29 is 23.9 Å². The van der Waals surface area contributed by atoms with Crippen molar-refractivity contribution in [2.45, 2.75) is 6.92 Å². The van der Waals surface area contributed by atoms with Gasteiger partial charge < -0.3 is 4.74 Å². The van der Waals surface area contributed by atoms with E-state index in [1.165, 1.54) is 12.1 Å². The molecule has 0 aliphatic carbocycles. The smallest absolute Gasteiger partial charge is 0.276 e. The van der Waals surface area contributed by atoms with Crippen molar-refractivity contribution >= 4 is 23.6 Å². The number of ether oxygens (including phenoxy) is 1. The van der Waals surface area contributed by atoms with Crippen LogP contribution in [0.2, 0.25) is 0 Å². The second-order valence-electron chi connectivity index (χ2n) is 5.94. The number of benzene rings is 2. The number of nitrogens with one attached hydrogen (secondary N) is 2. The summed E-state index contributed by atoms with van der Waals surface area (Å²) in [5, 5.41) is 0. The molecular weight excluding hydrogens is 350 g/mol. The van der Waals surface area contributed by atoms with Crippen LogP contribution in [0.25, 0.3) is 0 Å². The molecule has 0 unspecified atom stereocenters. The van der Waals surface area contributed by atoms with Gasteiger partial charge in [-0.05, 0) is 31.2 Å². The van der Waals surface area contributed by atoms with E-state index in [1.807, 2.05) is 19.1 Å². The molecule has 3 rings (SSSR count). The number of hydrogen-bond donors (Lipinski definition) is 2. The van der Waals surface area contributed by atoms with Crippen LogP contribution in [0.5, 0.6) is 5.75 Å². The van der Waals surface area contributed by atoms with Crippen LogP contribution >= 0.6 is 0 Å². The summed E-state index contributed by atoms with van der Waals surface area (Å²) < 4.78 is 5.28. The van der Waals surface area contributed by atoms with Crippen LogP contribution in [0, 0.1) is 6.92 Å². The summed E-state index contributed by atoms with van der Waals surface area (Å²) in [5.41, 5.74) is 5.91. The third-order valence-corrected chi connectivity index (χ3v) is 3.91. The molecule has 2 aromatic rings. The minimum Gasteiger partial charge on any atom is -0.484 e. The zero-order chi connectivity index (χ0) is 19.4. The van der Waals surface area contributed by atoms with Crippen LogP contribution in [0.4, 0.5) is 0 Å². The zero-order valence-electron chi connectivity index (χ0n) is 14.5. The van der Waals surface area contributed by atoms with Crippen LogP contribution < -0.4 is 15.6 Å². The highest BCUT2D eigenvalue weighted by molar-refractivity contribution is 6.22. The van der Waals surface area contributed by atoms with Gasteiger partial charge in [0.25, 0.3) is 23.6 Å². The van der Waals surface area contributed by atoms with Gasteiger partial charge in [0, 0.05) is 0 Å². The maximum absolute atomic E-state index is 12.2. The van der Waals surface area contributed by atoms with Crippen molar-refractivity contribution in [3.05, 3.63) is 65.2 Å². The topological polar surface area (TPSA) is 105 Å². The molecule has 0 saturated carbocycles. The van der Waals surface area contributed by atoms with Crippen molar-refractivity contribution in [2.24, 2.45) is 0 Å². The van der Waals surface area contributed by atoms with E-state index in [-0.39, 0.29) is 17.7 Å². The molecule has 138 valence electrons. The summed E-state index contributed by atoms with van der Waals surface area (Å²) in [6.45, 7) is 1.14. The Morgan fingerprint density at radius 2 is 1.44 bits per heavy atom. The number of carbonyl (C=O) groups is 4. The van der Waals surface area contributed by atoms with Gasteiger partial charge in [0.15, 0.2) is 6.61 Å². The molecule has 1 aliphatic rings. The van der Waals surface area contributed by atoms with Crippen LogP contribution in [0.3, 0.4) is 0 Å². The van der Waals surface area contributed by atoms with Gasteiger partial charge >= 0.3 is 0 Å². The number of carbonyl (C=O) groups excluding carboxylic acids is 4. The normalized spacial score (nSPS) is 12.6. The molecule has 0 aromatic heterocycles. The molecule has 2 aromatic carbocycles. The third-order valence-electron chi connectivity index (χ3n) is 3.91. The van der Waals surface area contributed by atoms with Gasteiger partial charge in [-0.1, -0.05) is 29.8 Å². The van der Waals surface area contributed by atoms with Crippen molar-refractivity contribution in [1.82, 2.24) is 15.8 Å². The van der Waals surface area contributed by atoms with E-state index in [9.17, 15) is 19.2 Å². The molecule has 1 heterocycles. The molecule has 0 fully saturated rings. The molecule has 4 amide bonds. The summed E-state index contributed by atoms with van der Waals surface area (Å²) in [6, 6.07) is 13.5. The Kier molecular flexibility index (Phi) is 5.16. The number of amides is 4. The number of rotatable bonds is 5. The fourth-order valence-electron chi connectivity index (χ4n) is 2.52. The lowest BCUT2D eigenvalue weighted by Gasteiger charge is -2.14. The molecule has 0 bridgehead atoms. The average molecular weight is 367 g/mol. The minimum absolute atomic E-state index is 0.255. The Morgan fingerprint density at radius 3 is 2.04 bits per heavy atom. The standard InChI is InChI=1S/C19H17N3O5/c1-12-6-8-13(9-7-12)27-11-17(24)21-20-16(23)10-22-18(25)14-4-2-3-5-15(14)19(22)26/h2-9H,10-11H2,1H3,(H,20,23)(H,21,24). The van der Waals surface area contributed by atoms with E-state index >= 15 is 0 Å². The van der Waals surface area contributed by atoms with Crippen molar-refractivity contribution in [3.63, 3.8) is 0 Å². The molecule has 27 heavy (non-hydrogen) atoms. The lowest BCUT2D eigenvalue weighted by atomic mass is 10.1. The van der Waals surface area contributed by atoms with Crippen LogP contribution in [-0.2, 0) is 9.59 Å². The molecule has 2 N–H and O–H groups in total. The molecule has 0 saturated heterocycles. The van der Waals surface area contributed by atoms with Gasteiger partial charge in [-0.25, -0.2) is 0 Å². The lowest BCUT2D eigenvalue weighted by Crippen LogP contribution is -2.48. The molecule has 0 radical (unpaired) electrons. The van der Waals surface area contributed by atoms with E-state index in [2.05, 4.69) is 10.9 Å². The second kappa shape index (κ2) is 7.69. The van der Waals surface area contributed by atoms with Crippen molar-refractivity contribution in [1.29, 1.82) is 0 Å². The maximum Gasteiger partial charge on any atom is 0.276 e. The van der Waals surface area contributed by atoms with E-state index < -0.39 is 30.2 Å². The number of fused-ring (bicyclic) bond motifs is 1. The summed E-state index contributed by atoms with van der Waals surface area (Å²) in [7, 11) is 0.